The third-order valence-electron chi connectivity index (χ3n) is 5.22. The predicted octanol–water partition coefficient (Wildman–Crippen LogP) is 3.46. The lowest BCUT2D eigenvalue weighted by atomic mass is 9.96. The van der Waals surface area contributed by atoms with Gasteiger partial charge in [-0.2, -0.15) is 0 Å². The smallest absolute Gasteiger partial charge is 0.181 e. The third kappa shape index (κ3) is 2.40. The van der Waals surface area contributed by atoms with Crippen LogP contribution in [0.2, 0.25) is 0 Å². The highest BCUT2D eigenvalue weighted by Gasteiger charge is 2.24. The molecule has 0 aromatic heterocycles. The van der Waals surface area contributed by atoms with Crippen LogP contribution in [0.3, 0.4) is 0 Å². The van der Waals surface area contributed by atoms with Crippen LogP contribution in [0.15, 0.2) is 41.7 Å². The number of likely N-dealkylation sites (N-methyl/N-ethyl adjacent to an activating group) is 2. The maximum absolute atomic E-state index is 10.8. The molecule has 0 aliphatic carbocycles. The van der Waals surface area contributed by atoms with Crippen LogP contribution in [0.4, 0.5) is 11.4 Å². The molecule has 5 heteroatoms. The Balaban J connectivity index is 1.72. The molecule has 0 bridgehead atoms. The van der Waals surface area contributed by atoms with Crippen molar-refractivity contribution in [1.29, 1.82) is 0 Å². The Labute approximate surface area is 141 Å². The van der Waals surface area contributed by atoms with Crippen LogP contribution in [0.1, 0.15) is 28.4 Å². The van der Waals surface area contributed by atoms with Crippen molar-refractivity contribution in [2.24, 2.45) is 5.34 Å². The van der Waals surface area contributed by atoms with Crippen molar-refractivity contribution >= 4 is 11.4 Å². The first kappa shape index (κ1) is 15.0. The molecule has 0 saturated carbocycles. The molecule has 2 aliphatic rings. The van der Waals surface area contributed by atoms with E-state index in [2.05, 4.69) is 53.5 Å². The average molecular weight is 323 g/mol. The molecule has 0 spiro atoms. The van der Waals surface area contributed by atoms with Gasteiger partial charge in [-0.1, -0.05) is 12.1 Å². The third-order valence-corrected chi connectivity index (χ3v) is 5.22. The van der Waals surface area contributed by atoms with E-state index in [1.165, 1.54) is 22.5 Å². The summed E-state index contributed by atoms with van der Waals surface area (Å²) >= 11 is 0. The molecular formula is C19H21N3O2. The number of nitrogens with zero attached hydrogens (tertiary/aromatic N) is 3. The van der Waals surface area contributed by atoms with E-state index in [0.717, 1.165) is 37.1 Å². The number of hydrogen-bond donors (Lipinski definition) is 0. The molecule has 2 aromatic rings. The highest BCUT2D eigenvalue weighted by Crippen LogP contribution is 2.36. The van der Waals surface area contributed by atoms with Gasteiger partial charge in [-0.05, 0) is 48.2 Å². The van der Waals surface area contributed by atoms with Crippen molar-refractivity contribution in [3.05, 3.63) is 63.6 Å². The number of benzene rings is 2. The Morgan fingerprint density at radius 2 is 1.42 bits per heavy atom. The van der Waals surface area contributed by atoms with Crippen LogP contribution in [-0.4, -0.2) is 27.2 Å². The molecule has 0 radical (unpaired) electrons. The lowest BCUT2D eigenvalue weighted by Crippen LogP contribution is -2.12. The minimum atomic E-state index is -0.449. The quantitative estimate of drug-likeness (QED) is 0.638. The van der Waals surface area contributed by atoms with Crippen molar-refractivity contribution in [2.45, 2.75) is 18.9 Å². The summed E-state index contributed by atoms with van der Waals surface area (Å²) in [5, 5.41) is 2.73. The first-order chi connectivity index (χ1) is 11.7. The van der Waals surface area contributed by atoms with E-state index < -0.39 is 6.10 Å². The lowest BCUT2D eigenvalue weighted by molar-refractivity contribution is 0.0832. The molecule has 4 rings (SSSR count). The summed E-state index contributed by atoms with van der Waals surface area (Å²) < 4.78 is 0. The second-order valence-electron chi connectivity index (χ2n) is 6.68. The SMILES string of the molecule is CN1CCc2cc(C(ON=O)c3ccc4c(c3)CCN4C)ccc21. The highest BCUT2D eigenvalue weighted by molar-refractivity contribution is 5.61. The normalized spacial score (nSPS) is 15.6. The van der Waals surface area contributed by atoms with Gasteiger partial charge >= 0.3 is 0 Å². The van der Waals surface area contributed by atoms with Crippen LogP contribution in [0.25, 0.3) is 0 Å². The fourth-order valence-corrected chi connectivity index (χ4v) is 3.86. The van der Waals surface area contributed by atoms with Crippen molar-refractivity contribution in [3.8, 4) is 0 Å². The van der Waals surface area contributed by atoms with Gasteiger partial charge in [0.1, 0.15) is 0 Å². The van der Waals surface area contributed by atoms with Crippen LogP contribution in [0.5, 0.6) is 0 Å². The molecule has 0 saturated heterocycles. The van der Waals surface area contributed by atoms with Gasteiger partial charge in [-0.3, -0.25) is 0 Å². The monoisotopic (exact) mass is 323 g/mol. The van der Waals surface area contributed by atoms with Crippen LogP contribution < -0.4 is 9.80 Å². The van der Waals surface area contributed by atoms with Crippen molar-refractivity contribution in [3.63, 3.8) is 0 Å². The van der Waals surface area contributed by atoms with Gasteiger partial charge in [-0.15, -0.1) is 4.91 Å². The van der Waals surface area contributed by atoms with E-state index >= 15 is 0 Å². The van der Waals surface area contributed by atoms with Gasteiger partial charge in [0.05, 0.1) is 0 Å². The molecule has 0 fully saturated rings. The zero-order valence-electron chi connectivity index (χ0n) is 14.0. The fourth-order valence-electron chi connectivity index (χ4n) is 3.86. The van der Waals surface area contributed by atoms with E-state index in [0.29, 0.717) is 0 Å². The van der Waals surface area contributed by atoms with Crippen LogP contribution >= 0.6 is 0 Å². The number of anilines is 2. The summed E-state index contributed by atoms with van der Waals surface area (Å²) in [6, 6.07) is 12.6. The van der Waals surface area contributed by atoms with Crippen molar-refractivity contribution in [2.75, 3.05) is 37.0 Å². The summed E-state index contributed by atoms with van der Waals surface area (Å²) in [5.41, 5.74) is 7.08. The summed E-state index contributed by atoms with van der Waals surface area (Å²) in [6.07, 6.45) is 1.60. The minimum absolute atomic E-state index is 0.449. The molecule has 2 aliphatic heterocycles. The second kappa shape index (κ2) is 5.82. The van der Waals surface area contributed by atoms with Gasteiger partial charge in [0.2, 0.25) is 0 Å². The van der Waals surface area contributed by atoms with E-state index in [9.17, 15) is 4.91 Å². The molecule has 0 N–H and O–H groups in total. The standard InChI is InChI=1S/C19H21N3O2/c1-21-9-7-13-11-15(3-5-17(13)21)19(24-20-23)16-4-6-18-14(12-16)8-10-22(18)2/h3-6,11-12,19H,7-10H2,1-2H3. The van der Waals surface area contributed by atoms with E-state index in [-0.39, 0.29) is 0 Å². The molecule has 0 amide bonds. The molecule has 124 valence electrons. The number of fused-ring (bicyclic) bond motifs is 2. The topological polar surface area (TPSA) is 45.1 Å². The zero-order chi connectivity index (χ0) is 16.7. The largest absolute Gasteiger partial charge is 0.374 e. The van der Waals surface area contributed by atoms with Crippen molar-refractivity contribution in [1.82, 2.24) is 0 Å². The fraction of sp³-hybridized carbons (Fsp3) is 0.368. The van der Waals surface area contributed by atoms with Gasteiger partial charge in [0.15, 0.2) is 11.4 Å². The zero-order valence-corrected chi connectivity index (χ0v) is 14.0. The average Bonchev–Trinajstić information content (AvgIpc) is 3.15. The Kier molecular flexibility index (Phi) is 3.63. The highest BCUT2D eigenvalue weighted by atomic mass is 16.7. The molecule has 5 nitrogen and oxygen atoms in total. The Morgan fingerprint density at radius 3 is 1.88 bits per heavy atom. The van der Waals surface area contributed by atoms with Gasteiger partial charge in [0, 0.05) is 49.7 Å². The van der Waals surface area contributed by atoms with Gasteiger partial charge < -0.3 is 14.6 Å². The van der Waals surface area contributed by atoms with Crippen LogP contribution in [0, 0.1) is 4.91 Å². The molecular weight excluding hydrogens is 302 g/mol. The summed E-state index contributed by atoms with van der Waals surface area (Å²) in [4.78, 5) is 20.6. The lowest BCUT2D eigenvalue weighted by Gasteiger charge is -2.18. The van der Waals surface area contributed by atoms with Crippen molar-refractivity contribution < 1.29 is 4.84 Å². The number of hydrogen-bond acceptors (Lipinski definition) is 5. The van der Waals surface area contributed by atoms with E-state index in [4.69, 9.17) is 4.84 Å². The minimum Gasteiger partial charge on any atom is -0.374 e. The molecule has 24 heavy (non-hydrogen) atoms. The Hall–Kier alpha value is -2.56. The molecule has 0 atom stereocenters. The van der Waals surface area contributed by atoms with Crippen LogP contribution in [-0.2, 0) is 17.7 Å². The van der Waals surface area contributed by atoms with E-state index in [1.54, 1.807) is 0 Å². The molecule has 2 aromatic carbocycles. The molecule has 2 heterocycles. The Morgan fingerprint density at radius 1 is 0.917 bits per heavy atom. The second-order valence-corrected chi connectivity index (χ2v) is 6.68. The predicted molar refractivity (Wildman–Crippen MR) is 95.6 cm³/mol. The van der Waals surface area contributed by atoms with Gasteiger partial charge in [-0.25, -0.2) is 0 Å². The van der Waals surface area contributed by atoms with Gasteiger partial charge in [0.25, 0.3) is 0 Å². The summed E-state index contributed by atoms with van der Waals surface area (Å²) in [7, 11) is 4.20. The first-order valence-electron chi connectivity index (χ1n) is 8.34. The Bertz CT molecular complexity index is 729. The summed E-state index contributed by atoms with van der Waals surface area (Å²) in [5.74, 6) is 0. The molecule has 0 unspecified atom stereocenters. The first-order valence-corrected chi connectivity index (χ1v) is 8.34. The van der Waals surface area contributed by atoms with E-state index in [1.807, 2.05) is 12.1 Å². The maximum atomic E-state index is 10.8. The number of rotatable bonds is 4. The summed E-state index contributed by atoms with van der Waals surface area (Å²) in [6.45, 7) is 2.06. The maximum Gasteiger partial charge on any atom is 0.181 e.